The van der Waals surface area contributed by atoms with E-state index in [2.05, 4.69) is 55.5 Å². The molecule has 14 N–H and O–H groups in total. The first-order valence-corrected chi connectivity index (χ1v) is 26.0. The standard InChI is InChI=1S/C14H22N2.C14H21N.C13H20N2.C12H18N2/c15-5-11-9-4-10(12(11)6-16)14-8-2-1-7(3-8)13(9)14;1-7-10-5-11(12(7)6-15)14-9-3-2-8(4-9)13(10)14;14-5-10-8-4-9(13(10)15)12-7-2-1-6(3-7)11(8)12;13-11-7-4-8(12(11)14)10-6-2-1-5(3-6)9(7)10/h1-2,7-14H,3-6,15-16H2;2-3,7-14H,4-6,15H2,1H3;1-2,6-13H,3-5,14-15H2;1-2,5-12H,3-4,13-14H2. The Hall–Kier alpha value is -1.32. The molecule has 16 aliphatic rings. The van der Waals surface area contributed by atoms with Crippen molar-refractivity contribution in [3.63, 3.8) is 0 Å². The number of nitrogens with two attached hydrogens (primary N) is 7. The number of rotatable bonds is 4. The molecule has 16 rings (SSSR count). The van der Waals surface area contributed by atoms with Crippen molar-refractivity contribution < 1.29 is 0 Å². The van der Waals surface area contributed by atoms with E-state index in [0.29, 0.717) is 24.0 Å². The van der Waals surface area contributed by atoms with Crippen LogP contribution in [0.3, 0.4) is 0 Å². The lowest BCUT2D eigenvalue weighted by Crippen LogP contribution is -2.52. The van der Waals surface area contributed by atoms with Gasteiger partial charge in [-0.25, -0.2) is 0 Å². The smallest absolute Gasteiger partial charge is 0.0226 e. The summed E-state index contributed by atoms with van der Waals surface area (Å²) >= 11 is 0. The molecule has 32 atom stereocenters. The normalized spacial score (nSPS) is 64.1. The molecule has 0 aromatic carbocycles. The molecule has 0 amide bonds. The molecule has 12 saturated carbocycles. The van der Waals surface area contributed by atoms with Crippen LogP contribution in [-0.4, -0.2) is 44.3 Å². The fourth-order valence-corrected chi connectivity index (χ4v) is 22.5. The Morgan fingerprint density at radius 1 is 0.300 bits per heavy atom. The lowest BCUT2D eigenvalue weighted by molar-refractivity contribution is 0.0965. The van der Waals surface area contributed by atoms with Gasteiger partial charge in [-0.1, -0.05) is 55.5 Å². The molecule has 7 nitrogen and oxygen atoms in total. The van der Waals surface area contributed by atoms with Crippen LogP contribution in [-0.2, 0) is 0 Å². The zero-order valence-electron chi connectivity index (χ0n) is 36.6. The molecule has 32 unspecified atom stereocenters. The van der Waals surface area contributed by atoms with Crippen molar-refractivity contribution in [1.82, 2.24) is 0 Å². The molecular weight excluding hydrogens is 735 g/mol. The average Bonchev–Trinajstić information content (AvgIpc) is 4.09. The Kier molecular flexibility index (Phi) is 9.18. The topological polar surface area (TPSA) is 182 Å². The summed E-state index contributed by atoms with van der Waals surface area (Å²) in [5.74, 6) is 25.8. The van der Waals surface area contributed by atoms with Crippen molar-refractivity contribution >= 4 is 0 Å². The zero-order valence-corrected chi connectivity index (χ0v) is 36.6. The zero-order chi connectivity index (χ0) is 40.6. The van der Waals surface area contributed by atoms with Crippen LogP contribution < -0.4 is 40.1 Å². The monoisotopic (exact) mass is 816 g/mol. The Balaban J connectivity index is 0.0000000824. The second kappa shape index (κ2) is 14.1. The Bertz CT molecular complexity index is 1690. The van der Waals surface area contributed by atoms with Crippen molar-refractivity contribution in [2.75, 3.05) is 26.2 Å². The minimum absolute atomic E-state index is 0.300. The van der Waals surface area contributed by atoms with Gasteiger partial charge in [0.1, 0.15) is 0 Å². The minimum Gasteiger partial charge on any atom is -0.330 e. The highest BCUT2D eigenvalue weighted by molar-refractivity contribution is 5.26. The molecule has 16 bridgehead atoms. The van der Waals surface area contributed by atoms with Crippen molar-refractivity contribution in [1.29, 1.82) is 0 Å². The van der Waals surface area contributed by atoms with Crippen molar-refractivity contribution in [3.8, 4) is 0 Å². The van der Waals surface area contributed by atoms with Crippen LogP contribution in [0.25, 0.3) is 0 Å². The van der Waals surface area contributed by atoms with E-state index in [1.165, 1.54) is 51.4 Å². The van der Waals surface area contributed by atoms with Gasteiger partial charge in [0.15, 0.2) is 0 Å². The van der Waals surface area contributed by atoms with Crippen LogP contribution in [0.15, 0.2) is 48.6 Å². The summed E-state index contributed by atoms with van der Waals surface area (Å²) in [6.07, 6.45) is 31.3. The van der Waals surface area contributed by atoms with E-state index in [0.717, 1.165) is 192 Å². The van der Waals surface area contributed by atoms with Gasteiger partial charge in [0.2, 0.25) is 0 Å². The Morgan fingerprint density at radius 2 is 0.550 bits per heavy atom. The number of fused-ring (bicyclic) bond motifs is 36. The van der Waals surface area contributed by atoms with E-state index >= 15 is 0 Å². The quantitative estimate of drug-likeness (QED) is 0.150. The van der Waals surface area contributed by atoms with Crippen LogP contribution in [0.2, 0.25) is 0 Å². The largest absolute Gasteiger partial charge is 0.330 e. The predicted molar refractivity (Wildman–Crippen MR) is 241 cm³/mol. The highest BCUT2D eigenvalue weighted by Crippen LogP contribution is 2.71. The fourth-order valence-electron chi connectivity index (χ4n) is 22.5. The lowest BCUT2D eigenvalue weighted by atomic mass is 9.65. The third-order valence-corrected chi connectivity index (χ3v) is 24.1. The molecule has 12 fully saturated rings. The maximum atomic E-state index is 6.36. The third kappa shape index (κ3) is 5.04. The molecular formula is C53H81N7. The van der Waals surface area contributed by atoms with Gasteiger partial charge in [-0.15, -0.1) is 0 Å². The Labute approximate surface area is 361 Å². The maximum Gasteiger partial charge on any atom is 0.0226 e. The van der Waals surface area contributed by atoms with E-state index in [1.54, 1.807) is 0 Å². The summed E-state index contributed by atoms with van der Waals surface area (Å²) < 4.78 is 0. The summed E-state index contributed by atoms with van der Waals surface area (Å²) in [6.45, 7) is 5.95. The summed E-state index contributed by atoms with van der Waals surface area (Å²) in [7, 11) is 0. The van der Waals surface area contributed by atoms with Crippen LogP contribution in [0.1, 0.15) is 58.3 Å². The van der Waals surface area contributed by atoms with E-state index in [-0.39, 0.29) is 0 Å². The van der Waals surface area contributed by atoms with E-state index in [4.69, 9.17) is 40.1 Å². The Morgan fingerprint density at radius 3 is 0.917 bits per heavy atom. The van der Waals surface area contributed by atoms with Gasteiger partial charge in [-0.3, -0.25) is 0 Å². The molecule has 60 heavy (non-hydrogen) atoms. The van der Waals surface area contributed by atoms with E-state index in [1.807, 2.05) is 0 Å². The molecule has 0 aromatic rings. The summed E-state index contributed by atoms with van der Waals surface area (Å²) in [5.41, 5.74) is 42.6. The van der Waals surface area contributed by atoms with Crippen molar-refractivity contribution in [2.24, 2.45) is 212 Å². The van der Waals surface area contributed by atoms with Gasteiger partial charge in [0.25, 0.3) is 0 Å². The maximum absolute atomic E-state index is 6.36. The van der Waals surface area contributed by atoms with Crippen LogP contribution >= 0.6 is 0 Å². The summed E-state index contributed by atoms with van der Waals surface area (Å²) in [4.78, 5) is 0. The van der Waals surface area contributed by atoms with Gasteiger partial charge < -0.3 is 40.1 Å². The van der Waals surface area contributed by atoms with Gasteiger partial charge in [0.05, 0.1) is 0 Å². The molecule has 0 radical (unpaired) electrons. The average molecular weight is 816 g/mol. The molecule has 16 aliphatic carbocycles. The molecule has 0 saturated heterocycles. The van der Waals surface area contributed by atoms with Crippen LogP contribution in [0, 0.1) is 172 Å². The van der Waals surface area contributed by atoms with Crippen molar-refractivity contribution in [2.45, 2.75) is 76.4 Å². The van der Waals surface area contributed by atoms with Gasteiger partial charge in [0, 0.05) is 18.1 Å². The van der Waals surface area contributed by atoms with Gasteiger partial charge in [-0.2, -0.15) is 0 Å². The van der Waals surface area contributed by atoms with Crippen molar-refractivity contribution in [3.05, 3.63) is 48.6 Å². The molecule has 0 heterocycles. The first-order valence-electron chi connectivity index (χ1n) is 26.0. The fraction of sp³-hybridized carbons (Fsp3) is 0.849. The first-order chi connectivity index (χ1) is 29.2. The summed E-state index contributed by atoms with van der Waals surface area (Å²) in [6, 6.07) is 1.01. The SMILES string of the molecule is CC1C(CN)C2CC1C1C3C=CC(C3)C21.NC1C(N)C2CC1C1C3C=CC(C3)C21.NCC1C(CN)C2CC1C1C3C=CC(C3)C21.NCC1C(N)C2CC1C1C3C=CC(C3)C21. The number of hydrogen-bond donors (Lipinski definition) is 7. The van der Waals surface area contributed by atoms with Gasteiger partial charge in [-0.05, 0) is 249 Å². The molecule has 0 aromatic heterocycles. The molecule has 0 spiro atoms. The first kappa shape index (κ1) is 39.1. The third-order valence-electron chi connectivity index (χ3n) is 24.1. The highest BCUT2D eigenvalue weighted by atomic mass is 14.9. The van der Waals surface area contributed by atoms with E-state index < -0.39 is 0 Å². The summed E-state index contributed by atoms with van der Waals surface area (Å²) in [5, 5.41) is 0. The van der Waals surface area contributed by atoms with Crippen LogP contribution in [0.5, 0.6) is 0 Å². The molecule has 328 valence electrons. The number of hydrogen-bond acceptors (Lipinski definition) is 7. The van der Waals surface area contributed by atoms with Crippen LogP contribution in [0.4, 0.5) is 0 Å². The molecule has 7 heteroatoms. The number of allylic oxidation sites excluding steroid dienone is 8. The highest BCUT2D eigenvalue weighted by Gasteiger charge is 2.67. The molecule has 0 aliphatic heterocycles. The second-order valence-corrected chi connectivity index (χ2v) is 24.9. The predicted octanol–water partition coefficient (Wildman–Crippen LogP) is 5.22. The van der Waals surface area contributed by atoms with Gasteiger partial charge >= 0.3 is 0 Å². The second-order valence-electron chi connectivity index (χ2n) is 24.9. The minimum atomic E-state index is 0.300. The van der Waals surface area contributed by atoms with E-state index in [9.17, 15) is 0 Å². The lowest BCUT2D eigenvalue weighted by Gasteiger charge is -2.41.